The van der Waals surface area contributed by atoms with Crippen LogP contribution in [0.2, 0.25) is 0 Å². The molecule has 4 aromatic rings. The lowest BCUT2D eigenvalue weighted by Crippen LogP contribution is -2.26. The minimum absolute atomic E-state index is 0.0512. The van der Waals surface area contributed by atoms with E-state index in [0.717, 1.165) is 42.5 Å². The summed E-state index contributed by atoms with van der Waals surface area (Å²) < 4.78 is 3.54. The van der Waals surface area contributed by atoms with Crippen LogP contribution in [0.15, 0.2) is 47.5 Å². The quantitative estimate of drug-likeness (QED) is 0.368. The Morgan fingerprint density at radius 3 is 2.89 bits per heavy atom. The molecule has 5 rings (SSSR count). The van der Waals surface area contributed by atoms with E-state index in [1.807, 2.05) is 35.0 Å². The van der Waals surface area contributed by atoms with Crippen molar-refractivity contribution in [3.63, 3.8) is 0 Å². The van der Waals surface area contributed by atoms with E-state index >= 15 is 0 Å². The summed E-state index contributed by atoms with van der Waals surface area (Å²) in [7, 11) is 0. The molecule has 2 atom stereocenters. The molecule has 0 saturated heterocycles. The van der Waals surface area contributed by atoms with Crippen LogP contribution in [0.3, 0.4) is 0 Å². The minimum atomic E-state index is -1.06. The van der Waals surface area contributed by atoms with Crippen molar-refractivity contribution in [2.45, 2.75) is 63.8 Å². The second-order valence-corrected chi connectivity index (χ2v) is 9.59. The summed E-state index contributed by atoms with van der Waals surface area (Å²) in [6.07, 6.45) is 7.17. The highest BCUT2D eigenvalue weighted by Crippen LogP contribution is 2.35. The Morgan fingerprint density at radius 2 is 2.11 bits per heavy atom. The molecule has 0 amide bonds. The summed E-state index contributed by atoms with van der Waals surface area (Å²) in [5, 5.41) is 26.9. The Morgan fingerprint density at radius 1 is 1.29 bits per heavy atom. The number of nitrogens with zero attached hydrogens (tertiary/aromatic N) is 6. The van der Waals surface area contributed by atoms with Crippen LogP contribution in [0, 0.1) is 6.57 Å². The molecule has 0 spiro atoms. The van der Waals surface area contributed by atoms with Gasteiger partial charge in [0.15, 0.2) is 5.82 Å². The highest BCUT2D eigenvalue weighted by molar-refractivity contribution is 5.91. The normalized spacial score (nSPS) is 18.5. The predicted molar refractivity (Wildman–Crippen MR) is 132 cm³/mol. The molecule has 10 nitrogen and oxygen atoms in total. The van der Waals surface area contributed by atoms with E-state index in [9.17, 15) is 9.90 Å². The molecule has 35 heavy (non-hydrogen) atoms. The van der Waals surface area contributed by atoms with Gasteiger partial charge in [0.05, 0.1) is 18.3 Å². The second kappa shape index (κ2) is 9.00. The van der Waals surface area contributed by atoms with Gasteiger partial charge in [0, 0.05) is 18.3 Å². The first-order valence-electron chi connectivity index (χ1n) is 11.8. The number of nitrogens with one attached hydrogen (secondary N) is 2. The van der Waals surface area contributed by atoms with E-state index in [4.69, 9.17) is 11.7 Å². The number of hydrogen-bond donors (Lipinski definition) is 3. The van der Waals surface area contributed by atoms with Gasteiger partial charge in [-0.05, 0) is 50.5 Å². The molecule has 0 radical (unpaired) electrons. The SMILES string of the molecule is [C-]#[N+][C@H]1CCCC[C@@H]1n1nc(Nc2cccc(Cn3cc(C(C)(C)O)nn3)c2)c2c(=O)[nH]ccc21. The molecule has 10 heteroatoms. The fraction of sp³-hybridized carbons (Fsp3) is 0.400. The van der Waals surface area contributed by atoms with Gasteiger partial charge in [0.1, 0.15) is 22.7 Å². The summed E-state index contributed by atoms with van der Waals surface area (Å²) in [5.74, 6) is 0.471. The molecule has 1 aromatic carbocycles. The van der Waals surface area contributed by atoms with Crippen LogP contribution in [-0.4, -0.2) is 40.9 Å². The number of fused-ring (bicyclic) bond motifs is 1. The molecule has 1 fully saturated rings. The first-order valence-corrected chi connectivity index (χ1v) is 11.8. The van der Waals surface area contributed by atoms with Crippen molar-refractivity contribution >= 4 is 22.4 Å². The van der Waals surface area contributed by atoms with Crippen LogP contribution in [0.4, 0.5) is 11.5 Å². The molecule has 3 N–H and O–H groups in total. The van der Waals surface area contributed by atoms with Crippen LogP contribution < -0.4 is 10.9 Å². The number of aromatic amines is 1. The zero-order valence-corrected chi connectivity index (χ0v) is 19.8. The monoisotopic (exact) mass is 472 g/mol. The standard InChI is InChI=1S/C25H28N8O2/c1-25(2,35)21-15-32(31-29-21)14-16-7-6-8-17(13-16)28-23-22-20(11-12-27-24(22)34)33(30-23)19-10-5-4-9-18(19)26-3/h6-8,11-13,15,18-19,35H,4-5,9-10,14H2,1-2H3,(H,27,34)(H,28,30)/t18-,19-/m0/s1. The van der Waals surface area contributed by atoms with Crippen LogP contribution in [0.5, 0.6) is 0 Å². The van der Waals surface area contributed by atoms with Crippen LogP contribution in [0.1, 0.15) is 56.8 Å². The number of anilines is 2. The average molecular weight is 473 g/mol. The summed E-state index contributed by atoms with van der Waals surface area (Å²) in [6, 6.07) is 9.44. The predicted octanol–water partition coefficient (Wildman–Crippen LogP) is 3.74. The van der Waals surface area contributed by atoms with Crippen molar-refractivity contribution in [1.82, 2.24) is 29.8 Å². The number of benzene rings is 1. The molecule has 1 saturated carbocycles. The van der Waals surface area contributed by atoms with Gasteiger partial charge in [-0.2, -0.15) is 5.10 Å². The van der Waals surface area contributed by atoms with Gasteiger partial charge in [-0.1, -0.05) is 23.8 Å². The summed E-state index contributed by atoms with van der Waals surface area (Å²) in [6.45, 7) is 11.5. The molecular weight excluding hydrogens is 444 g/mol. The van der Waals surface area contributed by atoms with Crippen molar-refractivity contribution in [1.29, 1.82) is 0 Å². The summed E-state index contributed by atoms with van der Waals surface area (Å²) in [4.78, 5) is 19.4. The molecule has 0 bridgehead atoms. The number of rotatable bonds is 6. The summed E-state index contributed by atoms with van der Waals surface area (Å²) >= 11 is 0. The Kier molecular flexibility index (Phi) is 5.86. The Hall–Kier alpha value is -3.97. The number of hydrogen-bond acceptors (Lipinski definition) is 6. The Bertz CT molecular complexity index is 1450. The van der Waals surface area contributed by atoms with Crippen molar-refractivity contribution in [2.75, 3.05) is 5.32 Å². The number of pyridine rings is 1. The van der Waals surface area contributed by atoms with Crippen molar-refractivity contribution in [3.05, 3.63) is 75.8 Å². The third-order valence-corrected chi connectivity index (χ3v) is 6.50. The van der Waals surface area contributed by atoms with Crippen LogP contribution in [0.25, 0.3) is 15.7 Å². The van der Waals surface area contributed by atoms with Gasteiger partial charge in [0.25, 0.3) is 5.56 Å². The first-order chi connectivity index (χ1) is 16.8. The highest BCUT2D eigenvalue weighted by Gasteiger charge is 2.33. The van der Waals surface area contributed by atoms with E-state index in [-0.39, 0.29) is 17.6 Å². The number of H-pyrrole nitrogens is 1. The maximum atomic E-state index is 12.8. The topological polar surface area (TPSA) is 118 Å². The molecular formula is C25H28N8O2. The molecule has 1 aliphatic carbocycles. The molecule has 1 aliphatic rings. The smallest absolute Gasteiger partial charge is 0.261 e. The lowest BCUT2D eigenvalue weighted by atomic mass is 9.91. The van der Waals surface area contributed by atoms with Crippen molar-refractivity contribution < 1.29 is 5.11 Å². The highest BCUT2D eigenvalue weighted by atomic mass is 16.3. The zero-order valence-electron chi connectivity index (χ0n) is 19.8. The molecule has 0 aliphatic heterocycles. The lowest BCUT2D eigenvalue weighted by Gasteiger charge is -2.24. The van der Waals surface area contributed by atoms with E-state index in [1.165, 1.54) is 0 Å². The fourth-order valence-electron chi connectivity index (χ4n) is 4.69. The minimum Gasteiger partial charge on any atom is -0.384 e. The first kappa shape index (κ1) is 22.8. The van der Waals surface area contributed by atoms with Gasteiger partial charge in [0.2, 0.25) is 6.04 Å². The third kappa shape index (κ3) is 4.55. The Balaban J connectivity index is 1.46. The maximum absolute atomic E-state index is 12.8. The van der Waals surface area contributed by atoms with Gasteiger partial charge >= 0.3 is 0 Å². The van der Waals surface area contributed by atoms with Crippen LogP contribution >= 0.6 is 0 Å². The maximum Gasteiger partial charge on any atom is 0.261 e. The van der Waals surface area contributed by atoms with Gasteiger partial charge in [-0.25, -0.2) is 11.3 Å². The van der Waals surface area contributed by atoms with Gasteiger partial charge < -0.3 is 20.3 Å². The van der Waals surface area contributed by atoms with Crippen LogP contribution in [-0.2, 0) is 12.1 Å². The second-order valence-electron chi connectivity index (χ2n) is 9.59. The molecule has 0 unspecified atom stereocenters. The number of aliphatic hydroxyl groups is 1. The molecule has 3 heterocycles. The summed E-state index contributed by atoms with van der Waals surface area (Å²) in [5.41, 5.74) is 1.72. The molecule has 3 aromatic heterocycles. The van der Waals surface area contributed by atoms with Crippen molar-refractivity contribution in [3.8, 4) is 0 Å². The Labute approximate surface area is 202 Å². The van der Waals surface area contributed by atoms with E-state index in [1.54, 1.807) is 30.9 Å². The lowest BCUT2D eigenvalue weighted by molar-refractivity contribution is 0.0737. The van der Waals surface area contributed by atoms with Gasteiger partial charge in [-0.15, -0.1) is 5.10 Å². The average Bonchev–Trinajstić information content (AvgIpc) is 3.45. The fourth-order valence-corrected chi connectivity index (χ4v) is 4.69. The van der Waals surface area contributed by atoms with Crippen molar-refractivity contribution in [2.24, 2.45) is 0 Å². The molecule has 180 valence electrons. The number of aromatic nitrogens is 6. The van der Waals surface area contributed by atoms with E-state index in [0.29, 0.717) is 23.4 Å². The van der Waals surface area contributed by atoms with Gasteiger partial charge in [-0.3, -0.25) is 9.48 Å². The van der Waals surface area contributed by atoms with E-state index < -0.39 is 5.60 Å². The largest absolute Gasteiger partial charge is 0.384 e. The van der Waals surface area contributed by atoms with E-state index in [2.05, 4.69) is 25.5 Å². The third-order valence-electron chi connectivity index (χ3n) is 6.50. The zero-order chi connectivity index (χ0) is 24.6.